The third kappa shape index (κ3) is 3.53. The van der Waals surface area contributed by atoms with Crippen molar-refractivity contribution in [2.75, 3.05) is 26.2 Å². The van der Waals surface area contributed by atoms with Gasteiger partial charge in [-0.2, -0.15) is 11.3 Å². The highest BCUT2D eigenvalue weighted by molar-refractivity contribution is 7.07. The van der Waals surface area contributed by atoms with Crippen molar-refractivity contribution in [3.8, 4) is 0 Å². The van der Waals surface area contributed by atoms with Gasteiger partial charge >= 0.3 is 0 Å². The van der Waals surface area contributed by atoms with E-state index in [2.05, 4.69) is 16.8 Å². The van der Waals surface area contributed by atoms with Crippen LogP contribution in [0.15, 0.2) is 50.3 Å². The number of amides is 1. The molecular weight excluding hydrogens is 372 g/mol. The highest BCUT2D eigenvalue weighted by Crippen LogP contribution is 2.18. The number of carbonyl (C=O) groups is 1. The maximum absolute atomic E-state index is 12.7. The number of hydrogen-bond donors (Lipinski definition) is 1. The minimum absolute atomic E-state index is 0.0890. The number of thiophene rings is 1. The Morgan fingerprint density at radius 1 is 1.23 bits per heavy atom. The van der Waals surface area contributed by atoms with Crippen LogP contribution in [0.3, 0.4) is 0 Å². The number of fused-ring (bicyclic) bond motifs is 1. The van der Waals surface area contributed by atoms with Crippen molar-refractivity contribution in [3.05, 3.63) is 67.7 Å². The molecule has 1 aliphatic heterocycles. The first kappa shape index (κ1) is 17.3. The van der Waals surface area contributed by atoms with Crippen molar-refractivity contribution in [2.24, 2.45) is 0 Å². The summed E-state index contributed by atoms with van der Waals surface area (Å²) in [5.41, 5.74) is 1.47. The molecule has 0 atom stereocenters. The normalized spacial score (nSPS) is 15.5. The van der Waals surface area contributed by atoms with Crippen LogP contribution in [0.5, 0.6) is 0 Å². The summed E-state index contributed by atoms with van der Waals surface area (Å²) in [6, 6.07) is 8.24. The van der Waals surface area contributed by atoms with Gasteiger partial charge in [0.1, 0.15) is 12.1 Å². The van der Waals surface area contributed by atoms with Gasteiger partial charge in [-0.15, -0.1) is 0 Å². The molecule has 0 radical (unpaired) electrons. The fraction of sp³-hybridized carbons (Fsp3) is 0.263. The molecule has 26 heavy (non-hydrogen) atoms. The molecule has 0 saturated carbocycles. The molecule has 0 bridgehead atoms. The predicted molar refractivity (Wildman–Crippen MR) is 102 cm³/mol. The van der Waals surface area contributed by atoms with Gasteiger partial charge in [-0.25, -0.2) is 0 Å². The van der Waals surface area contributed by atoms with E-state index in [1.807, 2.05) is 0 Å². The molecule has 134 valence electrons. The van der Waals surface area contributed by atoms with E-state index in [0.717, 1.165) is 19.6 Å². The topological polar surface area (TPSA) is 55.0 Å². The zero-order chi connectivity index (χ0) is 18.1. The molecule has 4 rings (SSSR count). The van der Waals surface area contributed by atoms with E-state index in [-0.39, 0.29) is 17.1 Å². The molecule has 1 aliphatic rings. The minimum atomic E-state index is -0.251. The molecule has 0 spiro atoms. The van der Waals surface area contributed by atoms with Gasteiger partial charge in [-0.05, 0) is 35.0 Å². The van der Waals surface area contributed by atoms with Gasteiger partial charge in [0, 0.05) is 16.7 Å². The Hall–Kier alpha value is -2.15. The van der Waals surface area contributed by atoms with E-state index in [1.54, 1.807) is 34.4 Å². The molecule has 1 aromatic carbocycles. The summed E-state index contributed by atoms with van der Waals surface area (Å²) in [6.45, 7) is 4.06. The Labute approximate surface area is 159 Å². The number of halogens is 1. The standard InChI is InChI=1S/C19H17ClN2O3S/c20-14-1-2-17-15(9-14)16(23)10-18(25-17)19(24)22-6-4-21(5-7-22)11-13-3-8-26-12-13/h1-3,8-10,12H,4-7,11H2/p+1. The second-order valence-electron chi connectivity index (χ2n) is 6.47. The fourth-order valence-electron chi connectivity index (χ4n) is 3.27. The first-order valence-electron chi connectivity index (χ1n) is 8.47. The van der Waals surface area contributed by atoms with Crippen LogP contribution in [0, 0.1) is 0 Å². The van der Waals surface area contributed by atoms with E-state index in [4.69, 9.17) is 16.0 Å². The van der Waals surface area contributed by atoms with Gasteiger partial charge in [0.05, 0.1) is 31.6 Å². The number of carbonyl (C=O) groups excluding carboxylic acids is 1. The average molecular weight is 390 g/mol. The van der Waals surface area contributed by atoms with Crippen LogP contribution >= 0.6 is 22.9 Å². The number of hydrogen-bond acceptors (Lipinski definition) is 4. The van der Waals surface area contributed by atoms with Crippen molar-refractivity contribution >= 4 is 39.8 Å². The largest absolute Gasteiger partial charge is 0.451 e. The quantitative estimate of drug-likeness (QED) is 0.746. The summed E-state index contributed by atoms with van der Waals surface area (Å²) in [7, 11) is 0. The zero-order valence-corrected chi connectivity index (χ0v) is 15.6. The Balaban J connectivity index is 1.47. The van der Waals surface area contributed by atoms with Crippen LogP contribution in [0.25, 0.3) is 11.0 Å². The van der Waals surface area contributed by atoms with E-state index in [0.29, 0.717) is 29.1 Å². The molecule has 3 aromatic rings. The van der Waals surface area contributed by atoms with Crippen LogP contribution in [0.1, 0.15) is 16.1 Å². The fourth-order valence-corrected chi connectivity index (χ4v) is 4.12. The Bertz CT molecular complexity index is 992. The SMILES string of the molecule is O=C(c1cc(=O)c2cc(Cl)ccc2o1)N1CC[NH+](Cc2ccsc2)CC1. The van der Waals surface area contributed by atoms with E-state index in [9.17, 15) is 9.59 Å². The van der Waals surface area contributed by atoms with Crippen LogP contribution in [0.4, 0.5) is 0 Å². The summed E-state index contributed by atoms with van der Waals surface area (Å²) in [5, 5.41) is 5.11. The van der Waals surface area contributed by atoms with Crippen LogP contribution in [0.2, 0.25) is 5.02 Å². The van der Waals surface area contributed by atoms with Crippen LogP contribution in [-0.4, -0.2) is 37.0 Å². The Morgan fingerprint density at radius 2 is 2.04 bits per heavy atom. The van der Waals surface area contributed by atoms with E-state index < -0.39 is 0 Å². The van der Waals surface area contributed by atoms with Crippen molar-refractivity contribution in [1.29, 1.82) is 0 Å². The number of nitrogens with one attached hydrogen (secondary N) is 1. The smallest absolute Gasteiger partial charge is 0.290 e. The van der Waals surface area contributed by atoms with Gasteiger partial charge in [0.25, 0.3) is 5.91 Å². The number of nitrogens with zero attached hydrogens (tertiary/aromatic N) is 1. The Kier molecular flexibility index (Phi) is 4.80. The lowest BCUT2D eigenvalue weighted by Gasteiger charge is -2.31. The number of rotatable bonds is 3. The zero-order valence-electron chi connectivity index (χ0n) is 14.0. The first-order chi connectivity index (χ1) is 12.6. The average Bonchev–Trinajstić information content (AvgIpc) is 3.15. The van der Waals surface area contributed by atoms with Crippen LogP contribution < -0.4 is 10.3 Å². The van der Waals surface area contributed by atoms with Crippen molar-refractivity contribution < 1.29 is 14.1 Å². The number of benzene rings is 1. The molecule has 0 aliphatic carbocycles. The summed E-state index contributed by atoms with van der Waals surface area (Å²) in [4.78, 5) is 28.2. The predicted octanol–water partition coefficient (Wildman–Crippen LogP) is 2.05. The van der Waals surface area contributed by atoms with Gasteiger partial charge in [0.2, 0.25) is 0 Å². The maximum atomic E-state index is 12.7. The Morgan fingerprint density at radius 3 is 2.77 bits per heavy atom. The third-order valence-electron chi connectivity index (χ3n) is 4.69. The lowest BCUT2D eigenvalue weighted by molar-refractivity contribution is -0.917. The van der Waals surface area contributed by atoms with E-state index in [1.165, 1.54) is 16.5 Å². The molecule has 5 nitrogen and oxygen atoms in total. The summed E-state index contributed by atoms with van der Waals surface area (Å²) < 4.78 is 5.67. The first-order valence-corrected chi connectivity index (χ1v) is 9.79. The molecule has 1 amide bonds. The maximum Gasteiger partial charge on any atom is 0.290 e. The number of quaternary nitrogens is 1. The highest BCUT2D eigenvalue weighted by atomic mass is 35.5. The van der Waals surface area contributed by atoms with Gasteiger partial charge in [0.15, 0.2) is 11.2 Å². The van der Waals surface area contributed by atoms with Crippen LogP contribution in [-0.2, 0) is 6.54 Å². The lowest BCUT2D eigenvalue weighted by Crippen LogP contribution is -3.13. The van der Waals surface area contributed by atoms with Crippen molar-refractivity contribution in [1.82, 2.24) is 4.90 Å². The molecule has 7 heteroatoms. The van der Waals surface area contributed by atoms with Crippen molar-refractivity contribution in [2.45, 2.75) is 6.54 Å². The molecule has 3 heterocycles. The van der Waals surface area contributed by atoms with E-state index >= 15 is 0 Å². The summed E-state index contributed by atoms with van der Waals surface area (Å²) in [6.07, 6.45) is 0. The van der Waals surface area contributed by atoms with Gasteiger partial charge < -0.3 is 14.2 Å². The second-order valence-corrected chi connectivity index (χ2v) is 7.68. The molecule has 1 saturated heterocycles. The second kappa shape index (κ2) is 7.23. The highest BCUT2D eigenvalue weighted by Gasteiger charge is 2.26. The molecule has 2 aromatic heterocycles. The monoisotopic (exact) mass is 389 g/mol. The molecule has 0 unspecified atom stereocenters. The summed E-state index contributed by atoms with van der Waals surface area (Å²) >= 11 is 7.63. The lowest BCUT2D eigenvalue weighted by atomic mass is 10.2. The van der Waals surface area contributed by atoms with Gasteiger partial charge in [-0.3, -0.25) is 9.59 Å². The minimum Gasteiger partial charge on any atom is -0.451 e. The van der Waals surface area contributed by atoms with Crippen molar-refractivity contribution in [3.63, 3.8) is 0 Å². The molecule has 1 N–H and O–H groups in total. The third-order valence-corrected chi connectivity index (χ3v) is 5.66. The molecular formula is C19H18ClN2O3S+. The summed E-state index contributed by atoms with van der Waals surface area (Å²) in [5.74, 6) is -0.139. The molecule has 1 fully saturated rings. The van der Waals surface area contributed by atoms with Gasteiger partial charge in [-0.1, -0.05) is 11.6 Å². The number of piperazine rings is 1.